The maximum Gasteiger partial charge on any atom is 0.160 e. The van der Waals surface area contributed by atoms with Crippen LogP contribution >= 0.6 is 0 Å². The van der Waals surface area contributed by atoms with E-state index in [1.165, 1.54) is 0 Å². The Kier molecular flexibility index (Phi) is 2.45. The number of anilines is 1. The zero-order valence-corrected chi connectivity index (χ0v) is 11.3. The highest BCUT2D eigenvalue weighted by Crippen LogP contribution is 2.29. The molecule has 3 aromatic rings. The molecule has 100 valence electrons. The maximum absolute atomic E-state index is 4.56. The van der Waals surface area contributed by atoms with Gasteiger partial charge in [-0.3, -0.25) is 4.40 Å². The molecule has 1 aliphatic rings. The lowest BCUT2D eigenvalue weighted by molar-refractivity contribution is 0.492. The van der Waals surface area contributed by atoms with Gasteiger partial charge in [-0.1, -0.05) is 12.1 Å². The number of rotatable bonds is 2. The van der Waals surface area contributed by atoms with Gasteiger partial charge < -0.3 is 4.90 Å². The maximum atomic E-state index is 4.56. The zero-order valence-electron chi connectivity index (χ0n) is 11.3. The summed E-state index contributed by atoms with van der Waals surface area (Å²) in [7, 11) is 0. The Morgan fingerprint density at radius 1 is 1.05 bits per heavy atom. The summed E-state index contributed by atoms with van der Waals surface area (Å²) in [4.78, 5) is 6.84. The summed E-state index contributed by atoms with van der Waals surface area (Å²) in [6, 6.07) is 12.1. The first kappa shape index (κ1) is 11.4. The van der Waals surface area contributed by atoms with E-state index in [1.54, 1.807) is 0 Å². The van der Waals surface area contributed by atoms with Gasteiger partial charge in [0.05, 0.1) is 5.92 Å². The van der Waals surface area contributed by atoms with Crippen LogP contribution in [0.15, 0.2) is 42.6 Å². The Bertz CT molecular complexity index is 758. The molecular formula is C15H15N5. The van der Waals surface area contributed by atoms with Crippen LogP contribution in [0.3, 0.4) is 0 Å². The third kappa shape index (κ3) is 1.74. The summed E-state index contributed by atoms with van der Waals surface area (Å²) in [6.07, 6.45) is 2.03. The molecule has 0 bridgehead atoms. The summed E-state index contributed by atoms with van der Waals surface area (Å²) in [5.74, 6) is 2.52. The fourth-order valence-corrected chi connectivity index (χ4v) is 2.67. The minimum Gasteiger partial charge on any atom is -0.355 e. The van der Waals surface area contributed by atoms with Crippen LogP contribution in [0.5, 0.6) is 0 Å². The molecule has 20 heavy (non-hydrogen) atoms. The third-order valence-electron chi connectivity index (χ3n) is 3.78. The van der Waals surface area contributed by atoms with E-state index in [1.807, 2.05) is 37.4 Å². The topological polar surface area (TPSA) is 46.3 Å². The van der Waals surface area contributed by atoms with Crippen LogP contribution in [-0.2, 0) is 0 Å². The van der Waals surface area contributed by atoms with E-state index in [4.69, 9.17) is 0 Å². The molecule has 4 rings (SSSR count). The van der Waals surface area contributed by atoms with E-state index in [0.717, 1.165) is 36.1 Å². The molecule has 0 aliphatic carbocycles. The fraction of sp³-hybridized carbons (Fsp3) is 0.267. The Balaban J connectivity index is 1.56. The van der Waals surface area contributed by atoms with Crippen molar-refractivity contribution in [3.05, 3.63) is 54.1 Å². The molecule has 5 nitrogen and oxygen atoms in total. The van der Waals surface area contributed by atoms with Gasteiger partial charge in [-0.05, 0) is 31.2 Å². The van der Waals surface area contributed by atoms with Crippen molar-refractivity contribution in [1.82, 2.24) is 19.6 Å². The first-order valence-corrected chi connectivity index (χ1v) is 6.79. The highest BCUT2D eigenvalue weighted by Gasteiger charge is 2.32. The molecule has 3 aromatic heterocycles. The standard InChI is InChI=1S/C15H15N5/c1-11-5-4-7-13(16-11)19-9-12(10-19)15-18-17-14-6-2-3-8-20(14)15/h2-8,12H,9-10H2,1H3. The molecule has 0 aromatic carbocycles. The zero-order chi connectivity index (χ0) is 13.5. The molecule has 1 saturated heterocycles. The Labute approximate surface area is 116 Å². The lowest BCUT2D eigenvalue weighted by atomic mass is 9.99. The minimum atomic E-state index is 0.426. The molecule has 0 spiro atoms. The third-order valence-corrected chi connectivity index (χ3v) is 3.78. The van der Waals surface area contributed by atoms with Gasteiger partial charge in [-0.15, -0.1) is 10.2 Å². The molecule has 0 radical (unpaired) electrons. The van der Waals surface area contributed by atoms with Crippen LogP contribution in [0.25, 0.3) is 5.65 Å². The number of aryl methyl sites for hydroxylation is 1. The van der Waals surface area contributed by atoms with Crippen LogP contribution in [0.4, 0.5) is 5.82 Å². The summed E-state index contributed by atoms with van der Waals surface area (Å²) in [5.41, 5.74) is 1.97. The van der Waals surface area contributed by atoms with E-state index in [2.05, 4.69) is 36.6 Å². The predicted octanol–water partition coefficient (Wildman–Crippen LogP) is 2.04. The monoisotopic (exact) mass is 265 g/mol. The second-order valence-corrected chi connectivity index (χ2v) is 5.23. The average Bonchev–Trinajstić information content (AvgIpc) is 2.82. The fourth-order valence-electron chi connectivity index (χ4n) is 2.67. The molecule has 0 saturated carbocycles. The molecule has 0 unspecified atom stereocenters. The van der Waals surface area contributed by atoms with Crippen molar-refractivity contribution in [1.29, 1.82) is 0 Å². The van der Waals surface area contributed by atoms with Crippen molar-refractivity contribution in [2.24, 2.45) is 0 Å². The number of hydrogen-bond donors (Lipinski definition) is 0. The summed E-state index contributed by atoms with van der Waals surface area (Å²) < 4.78 is 2.08. The SMILES string of the molecule is Cc1cccc(N2CC(c3nnc4ccccn34)C2)n1. The van der Waals surface area contributed by atoms with Crippen molar-refractivity contribution in [2.45, 2.75) is 12.8 Å². The molecular weight excluding hydrogens is 250 g/mol. The largest absolute Gasteiger partial charge is 0.355 e. The van der Waals surface area contributed by atoms with E-state index in [9.17, 15) is 0 Å². The van der Waals surface area contributed by atoms with E-state index in [-0.39, 0.29) is 0 Å². The molecule has 4 heterocycles. The second kappa shape index (κ2) is 4.30. The highest BCUT2D eigenvalue weighted by molar-refractivity contribution is 5.45. The van der Waals surface area contributed by atoms with Crippen molar-refractivity contribution in [3.63, 3.8) is 0 Å². The van der Waals surface area contributed by atoms with Crippen molar-refractivity contribution in [3.8, 4) is 0 Å². The first-order valence-electron chi connectivity index (χ1n) is 6.79. The van der Waals surface area contributed by atoms with Gasteiger partial charge in [0.25, 0.3) is 0 Å². The van der Waals surface area contributed by atoms with Gasteiger partial charge in [-0.25, -0.2) is 4.98 Å². The Hall–Kier alpha value is -2.43. The van der Waals surface area contributed by atoms with Crippen LogP contribution in [0.2, 0.25) is 0 Å². The van der Waals surface area contributed by atoms with Crippen molar-refractivity contribution < 1.29 is 0 Å². The van der Waals surface area contributed by atoms with E-state index in [0.29, 0.717) is 5.92 Å². The quantitative estimate of drug-likeness (QED) is 0.711. The molecule has 5 heteroatoms. The van der Waals surface area contributed by atoms with Gasteiger partial charge in [0.2, 0.25) is 0 Å². The molecule has 1 fully saturated rings. The van der Waals surface area contributed by atoms with Crippen LogP contribution in [-0.4, -0.2) is 32.7 Å². The van der Waals surface area contributed by atoms with Gasteiger partial charge in [0.1, 0.15) is 11.6 Å². The number of fused-ring (bicyclic) bond motifs is 1. The number of hydrogen-bond acceptors (Lipinski definition) is 4. The predicted molar refractivity (Wildman–Crippen MR) is 76.9 cm³/mol. The first-order chi connectivity index (χ1) is 9.81. The van der Waals surface area contributed by atoms with Gasteiger partial charge in [0, 0.05) is 25.0 Å². The number of aromatic nitrogens is 4. The summed E-state index contributed by atoms with van der Waals surface area (Å²) in [6.45, 7) is 3.92. The Morgan fingerprint density at radius 2 is 1.95 bits per heavy atom. The van der Waals surface area contributed by atoms with Crippen molar-refractivity contribution in [2.75, 3.05) is 18.0 Å². The smallest absolute Gasteiger partial charge is 0.160 e. The van der Waals surface area contributed by atoms with Gasteiger partial charge in [-0.2, -0.15) is 0 Å². The minimum absolute atomic E-state index is 0.426. The molecule has 0 amide bonds. The van der Waals surface area contributed by atoms with Gasteiger partial charge in [0.15, 0.2) is 5.65 Å². The molecule has 1 aliphatic heterocycles. The second-order valence-electron chi connectivity index (χ2n) is 5.23. The summed E-state index contributed by atoms with van der Waals surface area (Å²) >= 11 is 0. The Morgan fingerprint density at radius 3 is 2.80 bits per heavy atom. The van der Waals surface area contributed by atoms with E-state index >= 15 is 0 Å². The van der Waals surface area contributed by atoms with E-state index < -0.39 is 0 Å². The van der Waals surface area contributed by atoms with Gasteiger partial charge >= 0.3 is 0 Å². The number of nitrogens with zero attached hydrogens (tertiary/aromatic N) is 5. The number of pyridine rings is 2. The lowest BCUT2D eigenvalue weighted by Crippen LogP contribution is -2.46. The lowest BCUT2D eigenvalue weighted by Gasteiger charge is -2.39. The summed E-state index contributed by atoms with van der Waals surface area (Å²) in [5, 5.41) is 8.54. The van der Waals surface area contributed by atoms with Crippen molar-refractivity contribution >= 4 is 11.5 Å². The van der Waals surface area contributed by atoms with Crippen LogP contribution in [0, 0.1) is 6.92 Å². The average molecular weight is 265 g/mol. The van der Waals surface area contributed by atoms with Crippen LogP contribution < -0.4 is 4.90 Å². The highest BCUT2D eigenvalue weighted by atomic mass is 15.3. The van der Waals surface area contributed by atoms with Crippen LogP contribution in [0.1, 0.15) is 17.4 Å². The molecule has 0 atom stereocenters. The molecule has 0 N–H and O–H groups in total. The normalized spacial score (nSPS) is 15.6.